The number of aryl methyl sites for hydroxylation is 1. The van der Waals surface area contributed by atoms with Gasteiger partial charge < -0.3 is 10.2 Å². The van der Waals surface area contributed by atoms with E-state index >= 15 is 0 Å². The van der Waals surface area contributed by atoms with E-state index in [0.29, 0.717) is 11.3 Å². The van der Waals surface area contributed by atoms with Crippen molar-refractivity contribution in [3.05, 3.63) is 59.1 Å². The van der Waals surface area contributed by atoms with Crippen LogP contribution >= 0.6 is 0 Å². The summed E-state index contributed by atoms with van der Waals surface area (Å²) in [5.41, 5.74) is 6.12. The van der Waals surface area contributed by atoms with Crippen LogP contribution in [0.4, 0.5) is 8.78 Å². The first kappa shape index (κ1) is 11.8. The summed E-state index contributed by atoms with van der Waals surface area (Å²) in [4.78, 5) is 0. The molecule has 2 N–H and O–H groups in total. The summed E-state index contributed by atoms with van der Waals surface area (Å²) in [6.45, 7) is 1.58. The maximum absolute atomic E-state index is 13.8. The molecule has 2 rings (SSSR count). The van der Waals surface area contributed by atoms with E-state index < -0.39 is 17.7 Å². The molecule has 0 radical (unpaired) electrons. The van der Waals surface area contributed by atoms with Gasteiger partial charge in [-0.05, 0) is 30.7 Å². The number of hydrogen-bond donors (Lipinski definition) is 1. The molecule has 1 aromatic heterocycles. The van der Waals surface area contributed by atoms with Crippen molar-refractivity contribution >= 4 is 0 Å². The highest BCUT2D eigenvalue weighted by atomic mass is 19.1. The van der Waals surface area contributed by atoms with Crippen LogP contribution in [0.5, 0.6) is 0 Å². The molecule has 0 saturated heterocycles. The molecule has 0 aliphatic heterocycles. The lowest BCUT2D eigenvalue weighted by atomic mass is 10.00. The summed E-state index contributed by atoms with van der Waals surface area (Å²) in [5, 5.41) is 0. The number of benzene rings is 1. The van der Waals surface area contributed by atoms with Crippen LogP contribution in [0.25, 0.3) is 0 Å². The fraction of sp³-hybridized carbons (Fsp3) is 0.231. The Labute approximate surface area is 98.0 Å². The van der Waals surface area contributed by atoms with Crippen LogP contribution in [0.15, 0.2) is 34.9 Å². The van der Waals surface area contributed by atoms with Crippen molar-refractivity contribution in [1.29, 1.82) is 0 Å². The van der Waals surface area contributed by atoms with Crippen LogP contribution in [-0.2, 0) is 6.42 Å². The molecule has 1 aromatic carbocycles. The standard InChI is InChI=1S/C13H13F2NO/c1-8-4-5-10(14)12(13(8)15)11(16)7-9-3-2-6-17-9/h2-6,11H,7,16H2,1H3. The van der Waals surface area contributed by atoms with Crippen molar-refractivity contribution in [2.24, 2.45) is 5.73 Å². The minimum Gasteiger partial charge on any atom is -0.469 e. The Morgan fingerprint density at radius 2 is 2.06 bits per heavy atom. The van der Waals surface area contributed by atoms with E-state index in [-0.39, 0.29) is 12.0 Å². The molecule has 1 unspecified atom stereocenters. The highest BCUT2D eigenvalue weighted by molar-refractivity contribution is 5.29. The number of halogens is 2. The van der Waals surface area contributed by atoms with Crippen LogP contribution in [0, 0.1) is 18.6 Å². The van der Waals surface area contributed by atoms with Crippen molar-refractivity contribution < 1.29 is 13.2 Å². The van der Waals surface area contributed by atoms with Crippen molar-refractivity contribution in [3.63, 3.8) is 0 Å². The molecule has 17 heavy (non-hydrogen) atoms. The molecular weight excluding hydrogens is 224 g/mol. The molecule has 1 heterocycles. The van der Waals surface area contributed by atoms with Gasteiger partial charge in [0.1, 0.15) is 17.4 Å². The van der Waals surface area contributed by atoms with Gasteiger partial charge in [0.25, 0.3) is 0 Å². The zero-order valence-electron chi connectivity index (χ0n) is 9.41. The minimum absolute atomic E-state index is 0.0820. The Balaban J connectivity index is 2.30. The molecule has 0 fully saturated rings. The van der Waals surface area contributed by atoms with Gasteiger partial charge in [-0.3, -0.25) is 0 Å². The predicted octanol–water partition coefficient (Wildman–Crippen LogP) is 3.11. The Bertz CT molecular complexity index is 508. The molecule has 1 atom stereocenters. The first-order chi connectivity index (χ1) is 8.09. The molecular formula is C13H13F2NO. The normalized spacial score (nSPS) is 12.7. The molecule has 0 aliphatic carbocycles. The van der Waals surface area contributed by atoms with Gasteiger partial charge in [-0.2, -0.15) is 0 Å². The quantitative estimate of drug-likeness (QED) is 0.890. The Hall–Kier alpha value is -1.68. The zero-order chi connectivity index (χ0) is 12.4. The van der Waals surface area contributed by atoms with Gasteiger partial charge in [0.05, 0.1) is 6.26 Å². The molecule has 4 heteroatoms. The SMILES string of the molecule is Cc1ccc(F)c(C(N)Cc2ccco2)c1F. The lowest BCUT2D eigenvalue weighted by molar-refractivity contribution is 0.467. The molecule has 0 bridgehead atoms. The lowest BCUT2D eigenvalue weighted by Crippen LogP contribution is -2.17. The average molecular weight is 237 g/mol. The van der Waals surface area contributed by atoms with Crippen LogP contribution < -0.4 is 5.73 Å². The molecule has 0 saturated carbocycles. The fourth-order valence-corrected chi connectivity index (χ4v) is 1.77. The maximum atomic E-state index is 13.8. The van der Waals surface area contributed by atoms with Gasteiger partial charge in [-0.15, -0.1) is 0 Å². The monoisotopic (exact) mass is 237 g/mol. The van der Waals surface area contributed by atoms with E-state index in [1.807, 2.05) is 0 Å². The number of furan rings is 1. The summed E-state index contributed by atoms with van der Waals surface area (Å²) in [6, 6.07) is 5.32. The predicted molar refractivity (Wildman–Crippen MR) is 60.4 cm³/mol. The van der Waals surface area contributed by atoms with Crippen LogP contribution in [0.2, 0.25) is 0 Å². The molecule has 2 nitrogen and oxygen atoms in total. The number of hydrogen-bond acceptors (Lipinski definition) is 2. The van der Waals surface area contributed by atoms with Gasteiger partial charge in [-0.1, -0.05) is 6.07 Å². The molecule has 90 valence electrons. The van der Waals surface area contributed by atoms with Gasteiger partial charge in [-0.25, -0.2) is 8.78 Å². The second-order valence-electron chi connectivity index (χ2n) is 3.98. The summed E-state index contributed by atoms with van der Waals surface area (Å²) in [7, 11) is 0. The van der Waals surface area contributed by atoms with E-state index in [4.69, 9.17) is 10.2 Å². The summed E-state index contributed by atoms with van der Waals surface area (Å²) in [5.74, 6) is -0.589. The maximum Gasteiger partial charge on any atom is 0.133 e. The summed E-state index contributed by atoms with van der Waals surface area (Å²) >= 11 is 0. The zero-order valence-corrected chi connectivity index (χ0v) is 9.41. The second kappa shape index (κ2) is 4.67. The summed E-state index contributed by atoms with van der Waals surface area (Å²) < 4.78 is 32.5. The number of nitrogens with two attached hydrogens (primary N) is 1. The van der Waals surface area contributed by atoms with E-state index in [2.05, 4.69) is 0 Å². The molecule has 2 aromatic rings. The van der Waals surface area contributed by atoms with Crippen molar-refractivity contribution in [3.8, 4) is 0 Å². The molecule has 0 amide bonds. The van der Waals surface area contributed by atoms with Gasteiger partial charge in [0, 0.05) is 18.0 Å². The smallest absolute Gasteiger partial charge is 0.133 e. The van der Waals surface area contributed by atoms with Gasteiger partial charge >= 0.3 is 0 Å². The Morgan fingerprint density at radius 1 is 1.29 bits per heavy atom. The topological polar surface area (TPSA) is 39.2 Å². The van der Waals surface area contributed by atoms with Crippen LogP contribution in [0.1, 0.15) is 22.9 Å². The highest BCUT2D eigenvalue weighted by Gasteiger charge is 2.19. The van der Waals surface area contributed by atoms with Crippen molar-refractivity contribution in [2.75, 3.05) is 0 Å². The van der Waals surface area contributed by atoms with E-state index in [9.17, 15) is 8.78 Å². The van der Waals surface area contributed by atoms with Crippen LogP contribution in [0.3, 0.4) is 0 Å². The summed E-state index contributed by atoms with van der Waals surface area (Å²) in [6.07, 6.45) is 1.77. The lowest BCUT2D eigenvalue weighted by Gasteiger charge is -2.13. The van der Waals surface area contributed by atoms with E-state index in [1.165, 1.54) is 18.4 Å². The molecule has 0 aliphatic rings. The third-order valence-electron chi connectivity index (χ3n) is 2.69. The fourth-order valence-electron chi connectivity index (χ4n) is 1.77. The third-order valence-corrected chi connectivity index (χ3v) is 2.69. The largest absolute Gasteiger partial charge is 0.469 e. The third kappa shape index (κ3) is 2.36. The minimum atomic E-state index is -0.749. The Morgan fingerprint density at radius 3 is 2.71 bits per heavy atom. The van der Waals surface area contributed by atoms with Crippen LogP contribution in [-0.4, -0.2) is 0 Å². The second-order valence-corrected chi connectivity index (χ2v) is 3.98. The van der Waals surface area contributed by atoms with Gasteiger partial charge in [0.15, 0.2) is 0 Å². The van der Waals surface area contributed by atoms with E-state index in [0.717, 1.165) is 0 Å². The highest BCUT2D eigenvalue weighted by Crippen LogP contribution is 2.24. The first-order valence-corrected chi connectivity index (χ1v) is 5.32. The Kier molecular flexibility index (Phi) is 3.24. The van der Waals surface area contributed by atoms with Gasteiger partial charge in [0.2, 0.25) is 0 Å². The van der Waals surface area contributed by atoms with Crippen molar-refractivity contribution in [2.45, 2.75) is 19.4 Å². The van der Waals surface area contributed by atoms with E-state index in [1.54, 1.807) is 19.1 Å². The van der Waals surface area contributed by atoms with Crippen molar-refractivity contribution in [1.82, 2.24) is 0 Å². The average Bonchev–Trinajstić information content (AvgIpc) is 2.77. The number of rotatable bonds is 3. The molecule has 0 spiro atoms. The first-order valence-electron chi connectivity index (χ1n) is 5.32.